The normalized spacial score (nSPS) is 11.4. The predicted octanol–water partition coefficient (Wildman–Crippen LogP) is 1.12. The molecule has 0 spiro atoms. The van der Waals surface area contributed by atoms with E-state index in [0.717, 1.165) is 21.8 Å². The maximum atomic E-state index is 9.27. The Morgan fingerprint density at radius 3 is 1.65 bits per heavy atom. The van der Waals surface area contributed by atoms with Crippen LogP contribution in [-0.2, 0) is 6.54 Å². The summed E-state index contributed by atoms with van der Waals surface area (Å²) in [4.78, 5) is 0. The Morgan fingerprint density at radius 2 is 1.25 bits per heavy atom. The van der Waals surface area contributed by atoms with E-state index < -0.39 is 0 Å². The zero-order chi connectivity index (χ0) is 14.4. The van der Waals surface area contributed by atoms with Gasteiger partial charge in [-0.25, -0.2) is 0 Å². The van der Waals surface area contributed by atoms with Crippen molar-refractivity contribution in [1.29, 1.82) is 0 Å². The van der Waals surface area contributed by atoms with Gasteiger partial charge in [-0.05, 0) is 24.3 Å². The molecule has 6 nitrogen and oxygen atoms in total. The van der Waals surface area contributed by atoms with E-state index in [1.165, 1.54) is 0 Å². The molecule has 1 aromatic heterocycles. The number of aliphatic hydroxyl groups excluding tert-OH is 1. The number of hydrogen-bond acceptors (Lipinski definition) is 5. The van der Waals surface area contributed by atoms with Crippen LogP contribution in [0.2, 0.25) is 0 Å². The lowest BCUT2D eigenvalue weighted by Gasteiger charge is -2.06. The fraction of sp³-hybridized carbons (Fsp3) is 0.143. The van der Waals surface area contributed by atoms with Crippen molar-refractivity contribution < 1.29 is 5.11 Å². The molecule has 0 fully saturated rings. The van der Waals surface area contributed by atoms with Gasteiger partial charge in [0.25, 0.3) is 0 Å². The van der Waals surface area contributed by atoms with Gasteiger partial charge >= 0.3 is 0 Å². The Bertz CT molecular complexity index is 756. The number of aliphatic hydroxyl groups is 1. The van der Waals surface area contributed by atoms with Crippen LogP contribution in [0, 0.1) is 0 Å². The Hall–Kier alpha value is -2.60. The van der Waals surface area contributed by atoms with E-state index in [1.54, 1.807) is 12.1 Å². The molecular formula is C14H17N5O. The minimum absolute atomic E-state index is 0.0213. The van der Waals surface area contributed by atoms with E-state index in [-0.39, 0.29) is 6.61 Å². The maximum absolute atomic E-state index is 9.27. The summed E-state index contributed by atoms with van der Waals surface area (Å²) in [6, 6.07) is 7.27. The molecule has 2 aromatic carbocycles. The van der Waals surface area contributed by atoms with Crippen LogP contribution < -0.4 is 22.9 Å². The van der Waals surface area contributed by atoms with Gasteiger partial charge in [0.2, 0.25) is 0 Å². The molecule has 1 heterocycles. The molecule has 3 rings (SSSR count). The van der Waals surface area contributed by atoms with Crippen molar-refractivity contribution in [3.8, 4) is 0 Å². The van der Waals surface area contributed by atoms with Crippen molar-refractivity contribution in [1.82, 2.24) is 4.57 Å². The van der Waals surface area contributed by atoms with Gasteiger partial charge < -0.3 is 32.6 Å². The highest BCUT2D eigenvalue weighted by molar-refractivity contribution is 6.21. The summed E-state index contributed by atoms with van der Waals surface area (Å²) < 4.78 is 1.97. The first-order valence-corrected chi connectivity index (χ1v) is 6.31. The molecule has 0 aliphatic carbocycles. The maximum Gasteiger partial charge on any atom is 0.0650 e. The minimum Gasteiger partial charge on any atom is -0.397 e. The molecule has 9 N–H and O–H groups in total. The van der Waals surface area contributed by atoms with Crippen molar-refractivity contribution >= 4 is 44.6 Å². The molecule has 0 saturated carbocycles. The predicted molar refractivity (Wildman–Crippen MR) is 84.2 cm³/mol. The molecular weight excluding hydrogens is 254 g/mol. The highest BCUT2D eigenvalue weighted by Gasteiger charge is 2.17. The van der Waals surface area contributed by atoms with E-state index in [4.69, 9.17) is 22.9 Å². The summed E-state index contributed by atoms with van der Waals surface area (Å²) in [7, 11) is 0. The van der Waals surface area contributed by atoms with Gasteiger partial charge in [-0.1, -0.05) is 0 Å². The van der Waals surface area contributed by atoms with E-state index >= 15 is 0 Å². The van der Waals surface area contributed by atoms with Gasteiger partial charge in [0.15, 0.2) is 0 Å². The molecule has 0 saturated heterocycles. The van der Waals surface area contributed by atoms with Crippen molar-refractivity contribution in [2.24, 2.45) is 0 Å². The number of rotatable bonds is 2. The van der Waals surface area contributed by atoms with Crippen LogP contribution in [-0.4, -0.2) is 16.3 Å². The Kier molecular flexibility index (Phi) is 2.62. The quantitative estimate of drug-likeness (QED) is 0.446. The van der Waals surface area contributed by atoms with Gasteiger partial charge in [0, 0.05) is 17.3 Å². The second-order valence-electron chi connectivity index (χ2n) is 4.80. The van der Waals surface area contributed by atoms with Crippen molar-refractivity contribution in [3.63, 3.8) is 0 Å². The summed E-state index contributed by atoms with van der Waals surface area (Å²) in [5.41, 5.74) is 27.8. The van der Waals surface area contributed by atoms with Crippen LogP contribution >= 0.6 is 0 Å². The van der Waals surface area contributed by atoms with Crippen LogP contribution in [0.1, 0.15) is 0 Å². The third kappa shape index (κ3) is 1.48. The summed E-state index contributed by atoms with van der Waals surface area (Å²) in [5.74, 6) is 0. The average Bonchev–Trinajstić information content (AvgIpc) is 2.74. The van der Waals surface area contributed by atoms with Crippen molar-refractivity contribution in [3.05, 3.63) is 24.3 Å². The van der Waals surface area contributed by atoms with E-state index in [1.807, 2.05) is 16.7 Å². The van der Waals surface area contributed by atoms with E-state index in [9.17, 15) is 5.11 Å². The summed E-state index contributed by atoms with van der Waals surface area (Å²) in [6.07, 6.45) is 0. The Morgan fingerprint density at radius 1 is 0.800 bits per heavy atom. The molecule has 0 bridgehead atoms. The molecule has 0 unspecified atom stereocenters. The number of nitrogens with two attached hydrogens (primary N) is 4. The van der Waals surface area contributed by atoms with Crippen LogP contribution in [0.3, 0.4) is 0 Å². The fourth-order valence-electron chi connectivity index (χ4n) is 2.69. The van der Waals surface area contributed by atoms with Gasteiger partial charge in [0.05, 0.1) is 40.4 Å². The topological polar surface area (TPSA) is 129 Å². The third-order valence-electron chi connectivity index (χ3n) is 3.67. The number of fused-ring (bicyclic) bond motifs is 3. The molecule has 0 aliphatic rings. The summed E-state index contributed by atoms with van der Waals surface area (Å²) in [5, 5.41) is 10.9. The highest BCUT2D eigenvalue weighted by atomic mass is 16.3. The van der Waals surface area contributed by atoms with Crippen molar-refractivity contribution in [2.75, 3.05) is 29.5 Å². The highest BCUT2D eigenvalue weighted by Crippen LogP contribution is 2.40. The Labute approximate surface area is 115 Å². The number of nitrogens with zero attached hydrogens (tertiary/aromatic N) is 1. The number of nitrogen functional groups attached to an aromatic ring is 4. The average molecular weight is 271 g/mol. The van der Waals surface area contributed by atoms with Gasteiger partial charge in [0.1, 0.15) is 0 Å². The molecule has 0 atom stereocenters. The molecule has 0 amide bonds. The molecule has 6 heteroatoms. The summed E-state index contributed by atoms with van der Waals surface area (Å²) in [6.45, 7) is 0.472. The first-order valence-electron chi connectivity index (χ1n) is 6.31. The zero-order valence-corrected chi connectivity index (χ0v) is 10.9. The lowest BCUT2D eigenvalue weighted by molar-refractivity contribution is 0.280. The smallest absolute Gasteiger partial charge is 0.0650 e. The largest absolute Gasteiger partial charge is 0.397 e. The third-order valence-corrected chi connectivity index (χ3v) is 3.67. The number of benzene rings is 2. The monoisotopic (exact) mass is 271 g/mol. The van der Waals surface area contributed by atoms with Crippen molar-refractivity contribution in [2.45, 2.75) is 6.54 Å². The molecule has 20 heavy (non-hydrogen) atoms. The van der Waals surface area contributed by atoms with Gasteiger partial charge in [-0.3, -0.25) is 0 Å². The van der Waals surface area contributed by atoms with Gasteiger partial charge in [-0.2, -0.15) is 0 Å². The Balaban J connectivity index is 2.60. The van der Waals surface area contributed by atoms with Crippen LogP contribution in [0.25, 0.3) is 21.8 Å². The second-order valence-corrected chi connectivity index (χ2v) is 4.80. The fourth-order valence-corrected chi connectivity index (χ4v) is 2.69. The molecule has 3 aromatic rings. The first kappa shape index (κ1) is 12.4. The van der Waals surface area contributed by atoms with E-state index in [2.05, 4.69) is 0 Å². The number of hydrogen-bond donors (Lipinski definition) is 5. The minimum atomic E-state index is 0.0213. The lowest BCUT2D eigenvalue weighted by atomic mass is 10.1. The SMILES string of the molecule is Nc1ccc2c(c1N)c1c(N)c(N)ccc1n2CCO. The number of anilines is 4. The standard InChI is InChI=1S/C14H17N5O/c15-7-1-3-9-11(13(7)17)12-10(19(9)5-6-20)4-2-8(16)14(12)18/h1-4,20H,5-6,15-18H2. The summed E-state index contributed by atoms with van der Waals surface area (Å²) >= 11 is 0. The first-order chi connectivity index (χ1) is 9.56. The van der Waals surface area contributed by atoms with E-state index in [0.29, 0.717) is 29.3 Å². The molecule has 0 aliphatic heterocycles. The lowest BCUT2D eigenvalue weighted by Crippen LogP contribution is -2.02. The zero-order valence-electron chi connectivity index (χ0n) is 10.9. The van der Waals surface area contributed by atoms with Gasteiger partial charge in [-0.15, -0.1) is 0 Å². The molecule has 104 valence electrons. The van der Waals surface area contributed by atoms with Crippen LogP contribution in [0.4, 0.5) is 22.7 Å². The van der Waals surface area contributed by atoms with Crippen LogP contribution in [0.5, 0.6) is 0 Å². The number of aromatic nitrogens is 1. The van der Waals surface area contributed by atoms with Crippen LogP contribution in [0.15, 0.2) is 24.3 Å². The molecule has 0 radical (unpaired) electrons. The second kappa shape index (κ2) is 4.21.